The molecule has 0 spiro atoms. The van der Waals surface area contributed by atoms with Crippen LogP contribution in [0.5, 0.6) is 0 Å². The van der Waals surface area contributed by atoms with E-state index in [1.807, 2.05) is 0 Å². The van der Waals surface area contributed by atoms with Crippen molar-refractivity contribution in [3.63, 3.8) is 0 Å². The summed E-state index contributed by atoms with van der Waals surface area (Å²) in [6.07, 6.45) is 1.69. The number of hydrogen-bond donors (Lipinski definition) is 0. The summed E-state index contributed by atoms with van der Waals surface area (Å²) in [5.74, 6) is 0. The van der Waals surface area contributed by atoms with Gasteiger partial charge in [-0.1, -0.05) is 15.9 Å². The summed E-state index contributed by atoms with van der Waals surface area (Å²) in [7, 11) is -1.29. The zero-order chi connectivity index (χ0) is 6.62. The van der Waals surface area contributed by atoms with Gasteiger partial charge in [0.25, 0.3) is 0 Å². The van der Waals surface area contributed by atoms with Gasteiger partial charge in [0.15, 0.2) is 0 Å². The van der Waals surface area contributed by atoms with Gasteiger partial charge in [-0.3, -0.25) is 0 Å². The third-order valence-electron chi connectivity index (χ3n) is 0.473. The summed E-state index contributed by atoms with van der Waals surface area (Å²) < 4.78 is 5.29. The van der Waals surface area contributed by atoms with Gasteiger partial charge in [-0.25, -0.2) is 0 Å². The quantitative estimate of drug-likeness (QED) is 0.486. The van der Waals surface area contributed by atoms with Crippen molar-refractivity contribution < 1.29 is 4.43 Å². The standard InChI is InChI=1S/C5H11BrOSi/c1-8(2,3)7-5-4-6/h4-5H,1-3H3. The van der Waals surface area contributed by atoms with Crippen molar-refractivity contribution in [2.24, 2.45) is 0 Å². The molecule has 0 radical (unpaired) electrons. The molecule has 0 aromatic heterocycles. The predicted molar refractivity (Wildman–Crippen MR) is 42.5 cm³/mol. The molecule has 0 aliphatic rings. The molecule has 0 N–H and O–H groups in total. The molecule has 0 aromatic rings. The van der Waals surface area contributed by atoms with Crippen LogP contribution in [0.3, 0.4) is 0 Å². The van der Waals surface area contributed by atoms with Crippen LogP contribution in [0.1, 0.15) is 0 Å². The molecule has 0 fully saturated rings. The zero-order valence-electron chi connectivity index (χ0n) is 5.44. The second-order valence-corrected chi connectivity index (χ2v) is 7.48. The van der Waals surface area contributed by atoms with E-state index >= 15 is 0 Å². The summed E-state index contributed by atoms with van der Waals surface area (Å²) in [4.78, 5) is 1.73. The monoisotopic (exact) mass is 194 g/mol. The second-order valence-electron chi connectivity index (χ2n) is 2.49. The van der Waals surface area contributed by atoms with Crippen LogP contribution >= 0.6 is 15.9 Å². The average molecular weight is 195 g/mol. The van der Waals surface area contributed by atoms with Crippen LogP contribution in [0.2, 0.25) is 19.6 Å². The van der Waals surface area contributed by atoms with Crippen molar-refractivity contribution in [2.75, 3.05) is 0 Å². The van der Waals surface area contributed by atoms with E-state index in [2.05, 4.69) is 35.6 Å². The molecule has 8 heavy (non-hydrogen) atoms. The van der Waals surface area contributed by atoms with Gasteiger partial charge in [-0.2, -0.15) is 0 Å². The lowest BCUT2D eigenvalue weighted by Gasteiger charge is -2.13. The second kappa shape index (κ2) is 3.30. The van der Waals surface area contributed by atoms with Gasteiger partial charge in [-0.05, 0) is 19.6 Å². The Kier molecular flexibility index (Phi) is 3.40. The molecule has 0 bridgehead atoms. The van der Waals surface area contributed by atoms with Crippen molar-refractivity contribution in [1.29, 1.82) is 0 Å². The molecular weight excluding hydrogens is 184 g/mol. The first-order valence-electron chi connectivity index (χ1n) is 2.49. The molecule has 0 unspecified atom stereocenters. The lowest BCUT2D eigenvalue weighted by molar-refractivity contribution is 0.481. The summed E-state index contributed by atoms with van der Waals surface area (Å²) in [6, 6.07) is 0. The van der Waals surface area contributed by atoms with Crippen LogP contribution < -0.4 is 0 Å². The highest BCUT2D eigenvalue weighted by molar-refractivity contribution is 9.11. The smallest absolute Gasteiger partial charge is 0.241 e. The highest BCUT2D eigenvalue weighted by Crippen LogP contribution is 2.02. The van der Waals surface area contributed by atoms with E-state index in [9.17, 15) is 0 Å². The van der Waals surface area contributed by atoms with E-state index < -0.39 is 8.32 Å². The third-order valence-corrected chi connectivity index (χ3v) is 1.53. The highest BCUT2D eigenvalue weighted by atomic mass is 79.9. The number of hydrogen-bond acceptors (Lipinski definition) is 1. The molecule has 0 aliphatic carbocycles. The van der Waals surface area contributed by atoms with Gasteiger partial charge in [0.1, 0.15) is 0 Å². The Balaban J connectivity index is 3.39. The molecule has 48 valence electrons. The van der Waals surface area contributed by atoms with E-state index in [0.29, 0.717) is 0 Å². The molecule has 0 atom stereocenters. The van der Waals surface area contributed by atoms with E-state index in [1.54, 1.807) is 11.2 Å². The Morgan fingerprint density at radius 2 is 1.88 bits per heavy atom. The van der Waals surface area contributed by atoms with Crippen LogP contribution in [0.25, 0.3) is 0 Å². The fourth-order valence-electron chi connectivity index (χ4n) is 0.230. The van der Waals surface area contributed by atoms with Crippen LogP contribution in [0.4, 0.5) is 0 Å². The van der Waals surface area contributed by atoms with Crippen LogP contribution in [0.15, 0.2) is 11.2 Å². The molecule has 0 aromatic carbocycles. The van der Waals surface area contributed by atoms with Crippen molar-refractivity contribution in [2.45, 2.75) is 19.6 Å². The number of halogens is 1. The van der Waals surface area contributed by atoms with Gasteiger partial charge in [-0.15, -0.1) is 0 Å². The zero-order valence-corrected chi connectivity index (χ0v) is 8.03. The van der Waals surface area contributed by atoms with Crippen LogP contribution in [-0.4, -0.2) is 8.32 Å². The summed E-state index contributed by atoms with van der Waals surface area (Å²) in [6.45, 7) is 6.42. The SMILES string of the molecule is C[Si](C)(C)OC=CBr. The van der Waals surface area contributed by atoms with E-state index in [0.717, 1.165) is 0 Å². The first-order valence-corrected chi connectivity index (χ1v) is 6.82. The average Bonchev–Trinajstić information content (AvgIpc) is 1.59. The van der Waals surface area contributed by atoms with Crippen molar-refractivity contribution >= 4 is 24.2 Å². The van der Waals surface area contributed by atoms with E-state index in [1.165, 1.54) is 0 Å². The van der Waals surface area contributed by atoms with Gasteiger partial charge in [0.05, 0.1) is 6.26 Å². The first-order chi connectivity index (χ1) is 3.56. The lowest BCUT2D eigenvalue weighted by atomic mass is 11.2. The molecule has 0 rings (SSSR count). The maximum atomic E-state index is 5.29. The fraction of sp³-hybridized carbons (Fsp3) is 0.600. The molecular formula is C5H11BrOSi. The van der Waals surface area contributed by atoms with Crippen molar-refractivity contribution in [3.8, 4) is 0 Å². The minimum Gasteiger partial charge on any atom is -0.549 e. The Morgan fingerprint density at radius 3 is 2.00 bits per heavy atom. The first kappa shape index (κ1) is 8.24. The molecule has 0 saturated carbocycles. The Morgan fingerprint density at radius 1 is 1.38 bits per heavy atom. The van der Waals surface area contributed by atoms with Crippen LogP contribution in [0, 0.1) is 0 Å². The molecule has 1 nitrogen and oxygen atoms in total. The number of rotatable bonds is 2. The Labute approximate surface area is 60.0 Å². The maximum absolute atomic E-state index is 5.29. The van der Waals surface area contributed by atoms with E-state index in [-0.39, 0.29) is 0 Å². The molecule has 0 saturated heterocycles. The third kappa shape index (κ3) is 6.24. The largest absolute Gasteiger partial charge is 0.549 e. The molecule has 0 heterocycles. The lowest BCUT2D eigenvalue weighted by Crippen LogP contribution is -2.21. The molecule has 3 heteroatoms. The molecule has 0 aliphatic heterocycles. The Bertz CT molecular complexity index is 84.9. The fourth-order valence-corrected chi connectivity index (χ4v) is 1.01. The predicted octanol–water partition coefficient (Wildman–Crippen LogP) is 2.70. The van der Waals surface area contributed by atoms with E-state index in [4.69, 9.17) is 4.43 Å². The topological polar surface area (TPSA) is 9.23 Å². The van der Waals surface area contributed by atoms with Gasteiger partial charge >= 0.3 is 0 Å². The summed E-state index contributed by atoms with van der Waals surface area (Å²) in [5, 5.41) is 0. The summed E-state index contributed by atoms with van der Waals surface area (Å²) in [5.41, 5.74) is 0. The minimum absolute atomic E-state index is 1.29. The Hall–Kier alpha value is 0.237. The van der Waals surface area contributed by atoms with Gasteiger partial charge in [0.2, 0.25) is 8.32 Å². The minimum atomic E-state index is -1.29. The highest BCUT2D eigenvalue weighted by Gasteiger charge is 2.12. The maximum Gasteiger partial charge on any atom is 0.241 e. The normalized spacial score (nSPS) is 12.5. The van der Waals surface area contributed by atoms with Gasteiger partial charge < -0.3 is 4.43 Å². The van der Waals surface area contributed by atoms with Crippen molar-refractivity contribution in [1.82, 2.24) is 0 Å². The van der Waals surface area contributed by atoms with Crippen molar-refractivity contribution in [3.05, 3.63) is 11.2 Å². The summed E-state index contributed by atoms with van der Waals surface area (Å²) >= 11 is 3.12. The van der Waals surface area contributed by atoms with Gasteiger partial charge in [0, 0.05) is 4.99 Å². The molecule has 0 amide bonds. The van der Waals surface area contributed by atoms with Crippen LogP contribution in [-0.2, 0) is 4.43 Å².